The molecule has 3 aromatic rings. The third kappa shape index (κ3) is 4.78. The molecule has 0 amide bonds. The summed E-state index contributed by atoms with van der Waals surface area (Å²) in [6, 6.07) is 14.5. The summed E-state index contributed by atoms with van der Waals surface area (Å²) in [4.78, 5) is 12.5. The summed E-state index contributed by atoms with van der Waals surface area (Å²) in [6.07, 6.45) is 6.26. The summed E-state index contributed by atoms with van der Waals surface area (Å²) >= 11 is 0. The van der Waals surface area contributed by atoms with E-state index in [9.17, 15) is 10.1 Å². The lowest BCUT2D eigenvalue weighted by Gasteiger charge is -2.11. The van der Waals surface area contributed by atoms with Crippen LogP contribution in [0.3, 0.4) is 0 Å². The van der Waals surface area contributed by atoms with Gasteiger partial charge >= 0.3 is 5.82 Å². The number of rotatable bonds is 7. The number of benzene rings is 2. The van der Waals surface area contributed by atoms with E-state index in [1.165, 1.54) is 12.1 Å². The number of nitro groups is 1. The summed E-state index contributed by atoms with van der Waals surface area (Å²) in [5.41, 5.74) is 3.79. The number of anilines is 1. The van der Waals surface area contributed by atoms with Crippen LogP contribution in [0.4, 0.5) is 11.4 Å². The Hall–Kier alpha value is -3.81. The second-order valence-electron chi connectivity index (χ2n) is 6.98. The van der Waals surface area contributed by atoms with E-state index in [-0.39, 0.29) is 5.69 Å². The first-order valence-corrected chi connectivity index (χ1v) is 9.63. The second kappa shape index (κ2) is 9.13. The third-order valence-corrected chi connectivity index (χ3v) is 4.69. The zero-order valence-corrected chi connectivity index (χ0v) is 17.6. The molecule has 0 N–H and O–H groups in total. The monoisotopic (exact) mass is 405 g/mol. The summed E-state index contributed by atoms with van der Waals surface area (Å²) in [7, 11) is 4.02. The molecular formula is C22H25N6O2+. The van der Waals surface area contributed by atoms with E-state index >= 15 is 0 Å². The van der Waals surface area contributed by atoms with Crippen molar-refractivity contribution in [3.05, 3.63) is 88.0 Å². The maximum absolute atomic E-state index is 10.8. The van der Waals surface area contributed by atoms with Crippen molar-refractivity contribution >= 4 is 23.3 Å². The molecule has 8 nitrogen and oxygen atoms in total. The Morgan fingerprint density at radius 3 is 2.40 bits per heavy atom. The maximum atomic E-state index is 10.8. The predicted molar refractivity (Wildman–Crippen MR) is 118 cm³/mol. The Labute approximate surface area is 175 Å². The van der Waals surface area contributed by atoms with Crippen LogP contribution in [0, 0.1) is 10.1 Å². The Morgan fingerprint density at radius 1 is 1.17 bits per heavy atom. The van der Waals surface area contributed by atoms with E-state index in [1.54, 1.807) is 21.5 Å². The number of hydrogen-bond acceptors (Lipinski definition) is 5. The van der Waals surface area contributed by atoms with Crippen molar-refractivity contribution in [1.29, 1.82) is 0 Å². The number of nitro benzene ring substituents is 1. The number of aromatic nitrogens is 2. The van der Waals surface area contributed by atoms with Gasteiger partial charge in [0.05, 0.1) is 23.3 Å². The molecule has 0 aliphatic carbocycles. The lowest BCUT2D eigenvalue weighted by molar-refractivity contribution is -0.685. The molecule has 0 aliphatic rings. The predicted octanol–water partition coefficient (Wildman–Crippen LogP) is 3.47. The first-order valence-electron chi connectivity index (χ1n) is 9.63. The van der Waals surface area contributed by atoms with E-state index in [0.29, 0.717) is 0 Å². The Balaban J connectivity index is 1.82. The molecule has 0 aliphatic heterocycles. The van der Waals surface area contributed by atoms with Gasteiger partial charge in [-0.15, -0.1) is 9.35 Å². The van der Waals surface area contributed by atoms with Crippen LogP contribution in [0.5, 0.6) is 0 Å². The maximum Gasteiger partial charge on any atom is 0.307 e. The van der Waals surface area contributed by atoms with E-state index < -0.39 is 4.92 Å². The first kappa shape index (κ1) is 20.9. The molecule has 0 saturated heterocycles. The SMILES string of the molecule is CCc1n(N=Cc2ccc(N(C)C)cc2)cc[n+]1N=C(C)c1ccc([N+](=O)[O-])cc1. The van der Waals surface area contributed by atoms with E-state index in [1.807, 2.05) is 58.7 Å². The molecule has 0 spiro atoms. The van der Waals surface area contributed by atoms with Crippen LogP contribution < -0.4 is 9.58 Å². The standard InChI is InChI=1S/C22H25N6O2/c1-5-22-26(23-16-18-6-10-20(11-7-18)25(3)4)14-15-27(22)24-17(2)19-8-12-21(13-9-19)28(29)30/h6-16H,5H2,1-4H3/q+1. The number of nitrogens with zero attached hydrogens (tertiary/aromatic N) is 6. The smallest absolute Gasteiger partial charge is 0.307 e. The first-order chi connectivity index (χ1) is 14.4. The highest BCUT2D eigenvalue weighted by atomic mass is 16.6. The molecule has 154 valence electrons. The largest absolute Gasteiger partial charge is 0.378 e. The van der Waals surface area contributed by atoms with Gasteiger partial charge in [0.2, 0.25) is 0 Å². The molecule has 0 bridgehead atoms. The van der Waals surface area contributed by atoms with Gasteiger partial charge in [-0.05, 0) is 42.3 Å². The summed E-state index contributed by atoms with van der Waals surface area (Å²) in [5, 5.41) is 20.0. The number of imidazole rings is 1. The number of non-ortho nitro benzene ring substituents is 1. The van der Waals surface area contributed by atoms with Crippen molar-refractivity contribution in [2.75, 3.05) is 19.0 Å². The molecule has 0 fully saturated rings. The van der Waals surface area contributed by atoms with Crippen LogP contribution in [0.2, 0.25) is 0 Å². The molecule has 2 aromatic carbocycles. The summed E-state index contributed by atoms with van der Waals surface area (Å²) in [5.74, 6) is 0.914. The van der Waals surface area contributed by atoms with Gasteiger partial charge in [-0.3, -0.25) is 10.1 Å². The van der Waals surface area contributed by atoms with Crippen LogP contribution >= 0.6 is 0 Å². The van der Waals surface area contributed by atoms with E-state index in [0.717, 1.165) is 34.8 Å². The molecule has 30 heavy (non-hydrogen) atoms. The zero-order chi connectivity index (χ0) is 21.7. The highest BCUT2D eigenvalue weighted by Crippen LogP contribution is 2.13. The highest BCUT2D eigenvalue weighted by Gasteiger charge is 2.16. The molecule has 0 radical (unpaired) electrons. The van der Waals surface area contributed by atoms with Gasteiger partial charge in [0.1, 0.15) is 0 Å². The van der Waals surface area contributed by atoms with Gasteiger partial charge in [0, 0.05) is 31.9 Å². The minimum Gasteiger partial charge on any atom is -0.378 e. The summed E-state index contributed by atoms with van der Waals surface area (Å²) < 4.78 is 3.58. The van der Waals surface area contributed by atoms with Crippen LogP contribution in [0.1, 0.15) is 30.8 Å². The molecule has 0 saturated carbocycles. The third-order valence-electron chi connectivity index (χ3n) is 4.69. The minimum absolute atomic E-state index is 0.0626. The highest BCUT2D eigenvalue weighted by molar-refractivity contribution is 5.98. The molecule has 3 rings (SSSR count). The molecule has 8 heteroatoms. The lowest BCUT2D eigenvalue weighted by atomic mass is 10.1. The minimum atomic E-state index is -0.410. The Kier molecular flexibility index (Phi) is 6.36. The fraction of sp³-hybridized carbons (Fsp3) is 0.227. The fourth-order valence-electron chi connectivity index (χ4n) is 2.95. The van der Waals surface area contributed by atoms with Crippen molar-refractivity contribution in [2.45, 2.75) is 20.3 Å². The van der Waals surface area contributed by atoms with Gasteiger partial charge in [-0.2, -0.15) is 0 Å². The zero-order valence-electron chi connectivity index (χ0n) is 17.6. The van der Waals surface area contributed by atoms with Crippen LogP contribution in [-0.4, -0.2) is 35.6 Å². The molecule has 1 aromatic heterocycles. The van der Waals surface area contributed by atoms with Gasteiger partial charge < -0.3 is 4.90 Å². The van der Waals surface area contributed by atoms with E-state index in [4.69, 9.17) is 0 Å². The quantitative estimate of drug-likeness (QED) is 0.261. The lowest BCUT2D eigenvalue weighted by Crippen LogP contribution is -2.32. The van der Waals surface area contributed by atoms with Gasteiger partial charge in [0.25, 0.3) is 5.69 Å². The normalized spacial score (nSPS) is 11.8. The topological polar surface area (TPSA) is 79.9 Å². The molecular weight excluding hydrogens is 380 g/mol. The Bertz CT molecular complexity index is 1080. The van der Waals surface area contributed by atoms with Gasteiger partial charge in [-0.1, -0.05) is 29.3 Å². The van der Waals surface area contributed by atoms with Crippen molar-refractivity contribution < 1.29 is 9.60 Å². The Morgan fingerprint density at radius 2 is 1.83 bits per heavy atom. The van der Waals surface area contributed by atoms with Crippen molar-refractivity contribution in [2.24, 2.45) is 10.2 Å². The van der Waals surface area contributed by atoms with Crippen molar-refractivity contribution in [1.82, 2.24) is 4.68 Å². The number of hydrogen-bond donors (Lipinski definition) is 0. The second-order valence-corrected chi connectivity index (χ2v) is 6.98. The van der Waals surface area contributed by atoms with Crippen LogP contribution in [0.15, 0.2) is 71.1 Å². The van der Waals surface area contributed by atoms with E-state index in [2.05, 4.69) is 27.2 Å². The average Bonchev–Trinajstić information content (AvgIpc) is 3.13. The summed E-state index contributed by atoms with van der Waals surface area (Å²) in [6.45, 7) is 3.92. The van der Waals surface area contributed by atoms with Gasteiger partial charge in [0.15, 0.2) is 12.4 Å². The molecule has 1 heterocycles. The van der Waals surface area contributed by atoms with Gasteiger partial charge in [-0.25, -0.2) is 0 Å². The van der Waals surface area contributed by atoms with Crippen LogP contribution in [-0.2, 0) is 6.42 Å². The van der Waals surface area contributed by atoms with Crippen LogP contribution in [0.25, 0.3) is 0 Å². The average molecular weight is 405 g/mol. The van der Waals surface area contributed by atoms with Crippen molar-refractivity contribution in [3.63, 3.8) is 0 Å². The van der Waals surface area contributed by atoms with Crippen molar-refractivity contribution in [3.8, 4) is 0 Å². The molecule has 0 unspecified atom stereocenters. The molecule has 0 atom stereocenters. The fourth-order valence-corrected chi connectivity index (χ4v) is 2.95.